The van der Waals surface area contributed by atoms with E-state index in [-0.39, 0.29) is 0 Å². The van der Waals surface area contributed by atoms with Crippen LogP contribution >= 0.6 is 11.8 Å². The maximum Gasteiger partial charge on any atom is 0.0453 e. The Bertz CT molecular complexity index is 625. The van der Waals surface area contributed by atoms with Crippen LogP contribution in [0, 0.1) is 0 Å². The van der Waals surface area contributed by atoms with E-state index in [4.69, 9.17) is 0 Å². The van der Waals surface area contributed by atoms with Crippen molar-refractivity contribution in [3.8, 4) is 0 Å². The number of aromatic amines is 1. The van der Waals surface area contributed by atoms with Gasteiger partial charge in [0.1, 0.15) is 0 Å². The van der Waals surface area contributed by atoms with E-state index < -0.39 is 0 Å². The van der Waals surface area contributed by atoms with Crippen LogP contribution in [0.5, 0.6) is 0 Å². The number of aromatic nitrogens is 1. The second kappa shape index (κ2) is 6.86. The summed E-state index contributed by atoms with van der Waals surface area (Å²) < 4.78 is 0. The van der Waals surface area contributed by atoms with Gasteiger partial charge in [0, 0.05) is 16.6 Å². The zero-order chi connectivity index (χ0) is 13.5. The molecule has 19 heavy (non-hydrogen) atoms. The predicted octanol–water partition coefficient (Wildman–Crippen LogP) is 5.22. The lowest BCUT2D eigenvalue weighted by Gasteiger charge is -1.99. The Morgan fingerprint density at radius 3 is 2.42 bits per heavy atom. The average Bonchev–Trinajstić information content (AvgIpc) is 2.96. The van der Waals surface area contributed by atoms with Gasteiger partial charge in [0.2, 0.25) is 0 Å². The summed E-state index contributed by atoms with van der Waals surface area (Å²) in [6.07, 6.45) is 5.90. The molecule has 1 aromatic heterocycles. The molecular formula is C17H17NS. The first-order chi connectivity index (χ1) is 9.35. The Labute approximate surface area is 118 Å². The van der Waals surface area contributed by atoms with Crippen LogP contribution in [0.3, 0.4) is 0 Å². The third-order valence-corrected chi connectivity index (χ3v) is 3.63. The van der Waals surface area contributed by atoms with Crippen LogP contribution in [0.25, 0.3) is 17.0 Å². The van der Waals surface area contributed by atoms with Gasteiger partial charge in [0.15, 0.2) is 0 Å². The van der Waals surface area contributed by atoms with E-state index in [0.29, 0.717) is 0 Å². The summed E-state index contributed by atoms with van der Waals surface area (Å²) in [5.41, 5.74) is 2.42. The summed E-state index contributed by atoms with van der Waals surface area (Å²) in [4.78, 5) is 4.41. The molecule has 0 saturated carbocycles. The van der Waals surface area contributed by atoms with Gasteiger partial charge >= 0.3 is 0 Å². The van der Waals surface area contributed by atoms with E-state index in [1.165, 1.54) is 21.4 Å². The highest BCUT2D eigenvalue weighted by Crippen LogP contribution is 2.19. The molecular weight excluding hydrogens is 250 g/mol. The topological polar surface area (TPSA) is 15.8 Å². The lowest BCUT2D eigenvalue weighted by atomic mass is 10.2. The standard InChI is InChI=1S/C9H10S.C8H7N/c1-3-8-6-4-5-7-9(8)10-2;1-2-4-8-7(3-1)5-6-9-8/h3-7H,1H2,2H3;1-6,9H. The molecule has 0 radical (unpaired) electrons. The zero-order valence-electron chi connectivity index (χ0n) is 11.0. The molecule has 3 rings (SSSR count). The number of hydrogen-bond acceptors (Lipinski definition) is 1. The molecule has 2 heteroatoms. The van der Waals surface area contributed by atoms with Crippen LogP contribution in [0.15, 0.2) is 72.3 Å². The van der Waals surface area contributed by atoms with Crippen LogP contribution in [0.1, 0.15) is 5.56 Å². The molecule has 0 amide bonds. The highest BCUT2D eigenvalue weighted by Gasteiger charge is 1.92. The van der Waals surface area contributed by atoms with E-state index in [1.54, 1.807) is 11.8 Å². The molecule has 1 N–H and O–H groups in total. The van der Waals surface area contributed by atoms with Gasteiger partial charge in [-0.1, -0.05) is 49.1 Å². The molecule has 1 heterocycles. The van der Waals surface area contributed by atoms with Gasteiger partial charge in [-0.15, -0.1) is 11.8 Å². The van der Waals surface area contributed by atoms with Gasteiger partial charge in [0.25, 0.3) is 0 Å². The fourth-order valence-corrected chi connectivity index (χ4v) is 2.43. The first-order valence-corrected chi connectivity index (χ1v) is 7.35. The highest BCUT2D eigenvalue weighted by molar-refractivity contribution is 7.98. The van der Waals surface area contributed by atoms with Crippen molar-refractivity contribution in [1.29, 1.82) is 0 Å². The SMILES string of the molecule is C=Cc1ccccc1SC.c1ccc2[nH]ccc2c1. The van der Waals surface area contributed by atoms with Crippen molar-refractivity contribution in [1.82, 2.24) is 4.98 Å². The van der Waals surface area contributed by atoms with Crippen LogP contribution < -0.4 is 0 Å². The predicted molar refractivity (Wildman–Crippen MR) is 86.6 cm³/mol. The zero-order valence-corrected chi connectivity index (χ0v) is 11.8. The summed E-state index contributed by atoms with van der Waals surface area (Å²) >= 11 is 1.75. The summed E-state index contributed by atoms with van der Waals surface area (Å²) in [6.45, 7) is 3.73. The number of rotatable bonds is 2. The molecule has 0 unspecified atom stereocenters. The van der Waals surface area contributed by atoms with E-state index in [9.17, 15) is 0 Å². The number of H-pyrrole nitrogens is 1. The fourth-order valence-electron chi connectivity index (χ4n) is 1.83. The summed E-state index contributed by atoms with van der Waals surface area (Å²) in [7, 11) is 0. The molecule has 0 atom stereocenters. The van der Waals surface area contributed by atoms with Crippen LogP contribution in [-0.4, -0.2) is 11.2 Å². The second-order valence-corrected chi connectivity index (χ2v) is 4.86. The summed E-state index contributed by atoms with van der Waals surface area (Å²) in [6, 6.07) is 18.5. The minimum absolute atomic E-state index is 1.21. The molecule has 0 bridgehead atoms. The van der Waals surface area contributed by atoms with Gasteiger partial charge in [-0.3, -0.25) is 0 Å². The summed E-state index contributed by atoms with van der Waals surface area (Å²) in [5, 5.41) is 1.28. The average molecular weight is 267 g/mol. The number of para-hydroxylation sites is 1. The van der Waals surface area contributed by atoms with E-state index in [0.717, 1.165) is 0 Å². The van der Waals surface area contributed by atoms with Crippen molar-refractivity contribution >= 4 is 28.7 Å². The molecule has 0 aliphatic rings. The largest absolute Gasteiger partial charge is 0.361 e. The van der Waals surface area contributed by atoms with Gasteiger partial charge in [-0.25, -0.2) is 0 Å². The fraction of sp³-hybridized carbons (Fsp3) is 0.0588. The molecule has 3 aromatic rings. The quantitative estimate of drug-likeness (QED) is 0.629. The van der Waals surface area contributed by atoms with Crippen LogP contribution in [0.2, 0.25) is 0 Å². The van der Waals surface area contributed by atoms with Gasteiger partial charge in [-0.2, -0.15) is 0 Å². The van der Waals surface area contributed by atoms with Crippen molar-refractivity contribution < 1.29 is 0 Å². The number of fused-ring (bicyclic) bond motifs is 1. The number of thioether (sulfide) groups is 1. The maximum absolute atomic E-state index is 3.73. The second-order valence-electron chi connectivity index (χ2n) is 4.01. The molecule has 0 fully saturated rings. The Morgan fingerprint density at radius 1 is 1.00 bits per heavy atom. The van der Waals surface area contributed by atoms with Crippen molar-refractivity contribution in [3.63, 3.8) is 0 Å². The van der Waals surface area contributed by atoms with E-state index in [2.05, 4.69) is 48.2 Å². The molecule has 2 aromatic carbocycles. The maximum atomic E-state index is 3.73. The van der Waals surface area contributed by atoms with Crippen molar-refractivity contribution in [2.24, 2.45) is 0 Å². The number of benzene rings is 2. The molecule has 96 valence electrons. The molecule has 0 saturated heterocycles. The van der Waals surface area contributed by atoms with E-state index in [1.807, 2.05) is 36.5 Å². The third-order valence-electron chi connectivity index (χ3n) is 2.82. The van der Waals surface area contributed by atoms with Gasteiger partial charge in [0.05, 0.1) is 0 Å². The molecule has 0 spiro atoms. The highest BCUT2D eigenvalue weighted by atomic mass is 32.2. The molecule has 0 aliphatic carbocycles. The summed E-state index contributed by atoms with van der Waals surface area (Å²) in [5.74, 6) is 0. The Morgan fingerprint density at radius 2 is 1.74 bits per heavy atom. The Kier molecular flexibility index (Phi) is 4.87. The van der Waals surface area contributed by atoms with Crippen molar-refractivity contribution in [2.45, 2.75) is 4.90 Å². The molecule has 1 nitrogen and oxygen atoms in total. The van der Waals surface area contributed by atoms with Gasteiger partial charge < -0.3 is 4.98 Å². The molecule has 0 aliphatic heterocycles. The van der Waals surface area contributed by atoms with Crippen molar-refractivity contribution in [3.05, 3.63) is 72.9 Å². The lowest BCUT2D eigenvalue weighted by molar-refractivity contribution is 1.43. The third kappa shape index (κ3) is 3.52. The minimum Gasteiger partial charge on any atom is -0.361 e. The number of hydrogen-bond donors (Lipinski definition) is 1. The lowest BCUT2D eigenvalue weighted by Crippen LogP contribution is -1.74. The monoisotopic (exact) mass is 267 g/mol. The van der Waals surface area contributed by atoms with E-state index >= 15 is 0 Å². The van der Waals surface area contributed by atoms with Crippen LogP contribution in [0.4, 0.5) is 0 Å². The number of nitrogens with one attached hydrogen (secondary N) is 1. The Hall–Kier alpha value is -1.93. The Balaban J connectivity index is 0.000000141. The van der Waals surface area contributed by atoms with Crippen LogP contribution in [-0.2, 0) is 0 Å². The normalized spacial score (nSPS) is 9.74. The van der Waals surface area contributed by atoms with Gasteiger partial charge in [-0.05, 0) is 35.4 Å². The van der Waals surface area contributed by atoms with Crippen molar-refractivity contribution in [2.75, 3.05) is 6.26 Å². The smallest absolute Gasteiger partial charge is 0.0453 e. The minimum atomic E-state index is 1.21. The first-order valence-electron chi connectivity index (χ1n) is 6.12. The first kappa shape index (κ1) is 13.5.